The van der Waals surface area contributed by atoms with Gasteiger partial charge in [0.15, 0.2) is 0 Å². The first kappa shape index (κ1) is 18.5. The zero-order valence-electron chi connectivity index (χ0n) is 14.0. The maximum atomic E-state index is 8.99. The van der Waals surface area contributed by atoms with Gasteiger partial charge in [-0.3, -0.25) is 0 Å². The summed E-state index contributed by atoms with van der Waals surface area (Å²) in [7, 11) is 0. The van der Waals surface area contributed by atoms with Crippen LogP contribution in [-0.2, 0) is 9.57 Å². The first-order valence-electron chi connectivity index (χ1n) is 8.33. The number of aliphatic hydroxyl groups excluding tert-OH is 1. The van der Waals surface area contributed by atoms with Crippen molar-refractivity contribution in [2.75, 3.05) is 13.2 Å². The van der Waals surface area contributed by atoms with Crippen LogP contribution in [-0.4, -0.2) is 51.2 Å². The molecule has 2 atom stereocenters. The van der Waals surface area contributed by atoms with Crippen LogP contribution in [0.1, 0.15) is 33.1 Å². The Labute approximate surface area is 145 Å². The third kappa shape index (κ3) is 6.27. The molecule has 0 spiro atoms. The molecular formula is C18H27NO3Se. The van der Waals surface area contributed by atoms with Gasteiger partial charge in [-0.25, -0.2) is 0 Å². The van der Waals surface area contributed by atoms with E-state index in [1.165, 1.54) is 9.78 Å². The third-order valence-corrected chi connectivity index (χ3v) is 6.04. The fourth-order valence-corrected chi connectivity index (χ4v) is 4.34. The molecule has 0 bridgehead atoms. The van der Waals surface area contributed by atoms with Crippen molar-refractivity contribution in [2.24, 2.45) is 11.1 Å². The van der Waals surface area contributed by atoms with Gasteiger partial charge in [-0.05, 0) is 0 Å². The molecule has 1 aliphatic heterocycles. The van der Waals surface area contributed by atoms with Crippen molar-refractivity contribution in [1.82, 2.24) is 0 Å². The molecule has 5 heteroatoms. The second-order valence-corrected chi connectivity index (χ2v) is 8.53. The van der Waals surface area contributed by atoms with Gasteiger partial charge in [0, 0.05) is 0 Å². The summed E-state index contributed by atoms with van der Waals surface area (Å²) in [5.74, 6) is 0.380. The van der Waals surface area contributed by atoms with E-state index in [0.29, 0.717) is 27.3 Å². The topological polar surface area (TPSA) is 51.0 Å². The number of ether oxygens (including phenoxy) is 1. The Balaban J connectivity index is 1.69. The number of aliphatic hydroxyl groups is 1. The Morgan fingerprint density at radius 2 is 2.13 bits per heavy atom. The molecule has 1 aromatic rings. The summed E-state index contributed by atoms with van der Waals surface area (Å²) in [6.07, 6.45) is 2.53. The molecule has 23 heavy (non-hydrogen) atoms. The third-order valence-electron chi connectivity index (χ3n) is 3.74. The Bertz CT molecular complexity index is 478. The van der Waals surface area contributed by atoms with Crippen molar-refractivity contribution in [3.8, 4) is 0 Å². The Kier molecular flexibility index (Phi) is 8.10. The average Bonchev–Trinajstić information content (AvgIpc) is 3.00. The summed E-state index contributed by atoms with van der Waals surface area (Å²) in [4.78, 5) is 5.37. The molecule has 2 unspecified atom stereocenters. The van der Waals surface area contributed by atoms with Crippen LogP contribution in [0.15, 0.2) is 35.5 Å². The van der Waals surface area contributed by atoms with Crippen LogP contribution in [0.3, 0.4) is 0 Å². The fraction of sp³-hybridized carbons (Fsp3) is 0.611. The van der Waals surface area contributed by atoms with Gasteiger partial charge in [-0.1, -0.05) is 0 Å². The minimum absolute atomic E-state index is 0.0151. The molecule has 4 nitrogen and oxygen atoms in total. The number of benzene rings is 1. The molecule has 1 aromatic carbocycles. The van der Waals surface area contributed by atoms with Gasteiger partial charge in [-0.15, -0.1) is 0 Å². The van der Waals surface area contributed by atoms with Gasteiger partial charge < -0.3 is 0 Å². The number of hydrogen-bond donors (Lipinski definition) is 1. The molecule has 0 amide bonds. The van der Waals surface area contributed by atoms with E-state index in [1.54, 1.807) is 0 Å². The van der Waals surface area contributed by atoms with E-state index < -0.39 is 0 Å². The zero-order valence-corrected chi connectivity index (χ0v) is 15.7. The molecule has 128 valence electrons. The summed E-state index contributed by atoms with van der Waals surface area (Å²) in [5, 5.41) is 14.4. The number of hydrogen-bond acceptors (Lipinski definition) is 4. The molecule has 0 radical (unpaired) electrons. The van der Waals surface area contributed by atoms with Gasteiger partial charge in [0.05, 0.1) is 0 Å². The first-order valence-corrected chi connectivity index (χ1v) is 10.4. The Morgan fingerprint density at radius 1 is 1.35 bits per heavy atom. The van der Waals surface area contributed by atoms with Gasteiger partial charge in [0.25, 0.3) is 0 Å². The van der Waals surface area contributed by atoms with Crippen molar-refractivity contribution in [3.63, 3.8) is 0 Å². The van der Waals surface area contributed by atoms with Crippen molar-refractivity contribution in [2.45, 2.75) is 50.6 Å². The number of oxime groups is 1. The zero-order chi connectivity index (χ0) is 16.5. The maximum absolute atomic E-state index is 8.99. The van der Waals surface area contributed by atoms with Crippen molar-refractivity contribution >= 4 is 25.1 Å². The predicted molar refractivity (Wildman–Crippen MR) is 94.5 cm³/mol. The van der Waals surface area contributed by atoms with Crippen LogP contribution in [0.5, 0.6) is 0 Å². The van der Waals surface area contributed by atoms with Crippen LogP contribution in [0.4, 0.5) is 0 Å². The van der Waals surface area contributed by atoms with E-state index in [-0.39, 0.29) is 18.8 Å². The molecule has 1 aliphatic rings. The van der Waals surface area contributed by atoms with Crippen LogP contribution < -0.4 is 4.46 Å². The predicted octanol–water partition coefficient (Wildman–Crippen LogP) is 2.39. The summed E-state index contributed by atoms with van der Waals surface area (Å²) in [6.45, 7) is 5.21. The standard InChI is InChI=1S/C18H27NO3Se/c1-14(2)18(17-13-15(9-10-20)22-19-17)21-11-6-12-23-16-7-4-3-5-8-16/h3-5,7-8,14-15,18,20H,6,9-13H2,1-2H3. The van der Waals surface area contributed by atoms with Gasteiger partial charge >= 0.3 is 145 Å². The first-order chi connectivity index (χ1) is 11.2. The summed E-state index contributed by atoms with van der Waals surface area (Å²) in [5.41, 5.74) is 0.993. The molecule has 1 N–H and O–H groups in total. The second-order valence-electron chi connectivity index (χ2n) is 6.08. The number of rotatable bonds is 10. The van der Waals surface area contributed by atoms with Crippen molar-refractivity contribution in [3.05, 3.63) is 30.3 Å². The monoisotopic (exact) mass is 385 g/mol. The van der Waals surface area contributed by atoms with Crippen LogP contribution >= 0.6 is 0 Å². The van der Waals surface area contributed by atoms with E-state index in [4.69, 9.17) is 14.7 Å². The van der Waals surface area contributed by atoms with Crippen molar-refractivity contribution < 1.29 is 14.7 Å². The fourth-order valence-electron chi connectivity index (χ4n) is 2.57. The molecule has 0 aliphatic carbocycles. The van der Waals surface area contributed by atoms with Gasteiger partial charge in [0.1, 0.15) is 0 Å². The minimum atomic E-state index is 0.0151. The quantitative estimate of drug-likeness (QED) is 0.498. The molecule has 0 saturated heterocycles. The summed E-state index contributed by atoms with van der Waals surface area (Å²) < 4.78 is 7.53. The van der Waals surface area contributed by atoms with Crippen LogP contribution in [0.2, 0.25) is 5.32 Å². The van der Waals surface area contributed by atoms with E-state index in [0.717, 1.165) is 25.2 Å². The molecular weight excluding hydrogens is 357 g/mol. The molecule has 1 heterocycles. The van der Waals surface area contributed by atoms with Crippen molar-refractivity contribution in [1.29, 1.82) is 0 Å². The Hall–Kier alpha value is -0.871. The second kappa shape index (κ2) is 10.1. The average molecular weight is 384 g/mol. The summed E-state index contributed by atoms with van der Waals surface area (Å²) >= 11 is 0.526. The van der Waals surface area contributed by atoms with Gasteiger partial charge in [-0.2, -0.15) is 0 Å². The molecule has 0 fully saturated rings. The number of nitrogens with zero attached hydrogens (tertiary/aromatic N) is 1. The van der Waals surface area contributed by atoms with E-state index in [2.05, 4.69) is 49.3 Å². The molecule has 2 rings (SSSR count). The van der Waals surface area contributed by atoms with Crippen LogP contribution in [0, 0.1) is 5.92 Å². The Morgan fingerprint density at radius 3 is 2.83 bits per heavy atom. The van der Waals surface area contributed by atoms with E-state index >= 15 is 0 Å². The molecule has 0 aromatic heterocycles. The SMILES string of the molecule is CC(C)C(OCCC[Se]c1ccccc1)C1=NOC(CCO)C1. The normalized spacial score (nSPS) is 18.8. The van der Waals surface area contributed by atoms with E-state index in [1.807, 2.05) is 0 Å². The van der Waals surface area contributed by atoms with Crippen LogP contribution in [0.25, 0.3) is 0 Å². The molecule has 0 saturated carbocycles. The summed E-state index contributed by atoms with van der Waals surface area (Å²) in [6, 6.07) is 10.7. The van der Waals surface area contributed by atoms with Gasteiger partial charge in [0.2, 0.25) is 0 Å². The van der Waals surface area contributed by atoms with E-state index in [9.17, 15) is 0 Å².